The lowest BCUT2D eigenvalue weighted by Gasteiger charge is -2.32. The lowest BCUT2D eigenvalue weighted by molar-refractivity contribution is 0.178. The lowest BCUT2D eigenvalue weighted by Crippen LogP contribution is -2.45. The van der Waals surface area contributed by atoms with Crippen LogP contribution < -0.4 is 15.5 Å². The molecule has 0 radical (unpaired) electrons. The summed E-state index contributed by atoms with van der Waals surface area (Å²) in [6, 6.07) is 2.29. The molecule has 3 heterocycles. The van der Waals surface area contributed by atoms with Crippen LogP contribution in [0.1, 0.15) is 37.3 Å². The summed E-state index contributed by atoms with van der Waals surface area (Å²) < 4.78 is 0. The fourth-order valence-corrected chi connectivity index (χ4v) is 3.67. The second-order valence-electron chi connectivity index (χ2n) is 7.33. The van der Waals surface area contributed by atoms with E-state index in [1.165, 1.54) is 18.5 Å². The smallest absolute Gasteiger partial charge is 0.317 e. The van der Waals surface area contributed by atoms with Gasteiger partial charge in [-0.2, -0.15) is 5.10 Å². The van der Waals surface area contributed by atoms with E-state index in [1.54, 1.807) is 0 Å². The van der Waals surface area contributed by atoms with E-state index in [9.17, 15) is 4.79 Å². The zero-order valence-electron chi connectivity index (χ0n) is 14.3. The maximum Gasteiger partial charge on any atom is 0.317 e. The second-order valence-corrected chi connectivity index (χ2v) is 7.33. The van der Waals surface area contributed by atoms with E-state index in [0.717, 1.165) is 70.4 Å². The van der Waals surface area contributed by atoms with Gasteiger partial charge in [-0.15, -0.1) is 0 Å². The van der Waals surface area contributed by atoms with E-state index < -0.39 is 0 Å². The average Bonchev–Trinajstić information content (AvgIpc) is 3.34. The van der Waals surface area contributed by atoms with Crippen LogP contribution in [-0.2, 0) is 0 Å². The van der Waals surface area contributed by atoms with Crippen molar-refractivity contribution in [2.75, 3.05) is 50.7 Å². The van der Waals surface area contributed by atoms with Gasteiger partial charge < -0.3 is 20.4 Å². The molecule has 1 aromatic heterocycles. The van der Waals surface area contributed by atoms with Crippen molar-refractivity contribution in [1.29, 1.82) is 0 Å². The number of nitrogens with one attached hydrogen (secondary N) is 3. The zero-order chi connectivity index (χ0) is 16.4. The molecule has 4 rings (SSSR count). The molecule has 2 amide bonds. The Morgan fingerprint density at radius 2 is 2.08 bits per heavy atom. The molecule has 3 N–H and O–H groups in total. The van der Waals surface area contributed by atoms with Gasteiger partial charge in [0, 0.05) is 63.5 Å². The molecule has 1 aliphatic carbocycles. The first-order chi connectivity index (χ1) is 11.8. The van der Waals surface area contributed by atoms with Crippen molar-refractivity contribution >= 4 is 11.8 Å². The second kappa shape index (κ2) is 7.01. The maximum absolute atomic E-state index is 12.3. The summed E-state index contributed by atoms with van der Waals surface area (Å²) in [5.74, 6) is 2.14. The van der Waals surface area contributed by atoms with Gasteiger partial charge in [0.25, 0.3) is 0 Å². The van der Waals surface area contributed by atoms with Gasteiger partial charge in [-0.1, -0.05) is 0 Å². The van der Waals surface area contributed by atoms with Crippen molar-refractivity contribution in [3.8, 4) is 0 Å². The summed E-state index contributed by atoms with van der Waals surface area (Å²) in [5.41, 5.74) is 1.17. The number of anilines is 1. The number of H-pyrrole nitrogens is 1. The van der Waals surface area contributed by atoms with Crippen molar-refractivity contribution < 1.29 is 4.79 Å². The number of hydrogen-bond donors (Lipinski definition) is 3. The third kappa shape index (κ3) is 3.66. The molecule has 3 fully saturated rings. The standard InChI is InChI=1S/C17H28N6O/c24-17(19-11-13-3-4-13)23-7-1-2-14(12-23)15-10-16(21-20-15)22-8-5-18-6-9-22/h10,13-14,18H,1-9,11-12H2,(H,19,24)(H,20,21). The summed E-state index contributed by atoms with van der Waals surface area (Å²) in [6.07, 6.45) is 4.72. The van der Waals surface area contributed by atoms with Gasteiger partial charge in [0.1, 0.15) is 0 Å². The number of rotatable bonds is 4. The van der Waals surface area contributed by atoms with Crippen LogP contribution in [0.25, 0.3) is 0 Å². The molecular weight excluding hydrogens is 304 g/mol. The number of carbonyl (C=O) groups excluding carboxylic acids is 1. The fourth-order valence-electron chi connectivity index (χ4n) is 3.67. The number of amides is 2. The van der Waals surface area contributed by atoms with E-state index >= 15 is 0 Å². The minimum absolute atomic E-state index is 0.105. The molecule has 24 heavy (non-hydrogen) atoms. The molecule has 0 spiro atoms. The molecule has 2 aliphatic heterocycles. The van der Waals surface area contributed by atoms with Crippen molar-refractivity contribution in [3.63, 3.8) is 0 Å². The molecule has 7 nitrogen and oxygen atoms in total. The minimum atomic E-state index is 0.105. The normalized spacial score (nSPS) is 24.9. The topological polar surface area (TPSA) is 76.3 Å². The van der Waals surface area contributed by atoms with Crippen LogP contribution in [0.2, 0.25) is 0 Å². The predicted octanol–water partition coefficient (Wildman–Crippen LogP) is 1.12. The monoisotopic (exact) mass is 332 g/mol. The number of hydrogen-bond acceptors (Lipinski definition) is 4. The number of aromatic nitrogens is 2. The molecule has 7 heteroatoms. The maximum atomic E-state index is 12.3. The minimum Gasteiger partial charge on any atom is -0.353 e. The molecule has 1 atom stereocenters. The number of piperidine rings is 1. The first-order valence-corrected chi connectivity index (χ1v) is 9.33. The molecule has 2 saturated heterocycles. The Balaban J connectivity index is 1.34. The summed E-state index contributed by atoms with van der Waals surface area (Å²) in [5, 5.41) is 14.2. The summed E-state index contributed by atoms with van der Waals surface area (Å²) in [6.45, 7) is 6.54. The molecular formula is C17H28N6O. The van der Waals surface area contributed by atoms with Gasteiger partial charge in [0.05, 0.1) is 0 Å². The Morgan fingerprint density at radius 1 is 1.25 bits per heavy atom. The number of nitrogens with zero attached hydrogens (tertiary/aromatic N) is 3. The van der Waals surface area contributed by atoms with Crippen LogP contribution in [-0.4, -0.2) is 66.9 Å². The summed E-state index contributed by atoms with van der Waals surface area (Å²) in [7, 11) is 0. The van der Waals surface area contributed by atoms with Crippen LogP contribution in [0.5, 0.6) is 0 Å². The lowest BCUT2D eigenvalue weighted by atomic mass is 9.95. The van der Waals surface area contributed by atoms with Crippen LogP contribution in [0.3, 0.4) is 0 Å². The predicted molar refractivity (Wildman–Crippen MR) is 93.3 cm³/mol. The van der Waals surface area contributed by atoms with Crippen LogP contribution in [0, 0.1) is 5.92 Å². The Kier molecular flexibility index (Phi) is 4.60. The Morgan fingerprint density at radius 3 is 2.88 bits per heavy atom. The highest BCUT2D eigenvalue weighted by atomic mass is 16.2. The fraction of sp³-hybridized carbons (Fsp3) is 0.765. The number of aromatic amines is 1. The first kappa shape index (κ1) is 15.7. The largest absolute Gasteiger partial charge is 0.353 e. The zero-order valence-corrected chi connectivity index (χ0v) is 14.3. The van der Waals surface area contributed by atoms with Gasteiger partial charge in [0.2, 0.25) is 0 Å². The molecule has 0 bridgehead atoms. The van der Waals surface area contributed by atoms with Gasteiger partial charge in [-0.3, -0.25) is 5.10 Å². The van der Waals surface area contributed by atoms with Crippen LogP contribution >= 0.6 is 0 Å². The SMILES string of the molecule is O=C(NCC1CC1)N1CCCC(c2cc(N3CCNCC3)n[nH]2)C1. The Bertz CT molecular complexity index is 563. The van der Waals surface area contributed by atoms with Gasteiger partial charge >= 0.3 is 6.03 Å². The number of urea groups is 1. The van der Waals surface area contributed by atoms with E-state index in [0.29, 0.717) is 5.92 Å². The molecule has 1 aromatic rings. The van der Waals surface area contributed by atoms with E-state index in [4.69, 9.17) is 0 Å². The molecule has 0 aromatic carbocycles. The molecule has 3 aliphatic rings. The number of carbonyl (C=O) groups is 1. The highest BCUT2D eigenvalue weighted by molar-refractivity contribution is 5.74. The molecule has 132 valence electrons. The third-order valence-corrected chi connectivity index (χ3v) is 5.41. The number of piperazine rings is 1. The van der Waals surface area contributed by atoms with E-state index in [2.05, 4.69) is 31.8 Å². The average molecular weight is 332 g/mol. The van der Waals surface area contributed by atoms with E-state index in [-0.39, 0.29) is 6.03 Å². The summed E-state index contributed by atoms with van der Waals surface area (Å²) in [4.78, 5) is 16.6. The highest BCUT2D eigenvalue weighted by Crippen LogP contribution is 2.29. The van der Waals surface area contributed by atoms with Crippen LogP contribution in [0.4, 0.5) is 10.6 Å². The van der Waals surface area contributed by atoms with Crippen molar-refractivity contribution in [2.45, 2.75) is 31.6 Å². The van der Waals surface area contributed by atoms with Gasteiger partial charge in [-0.25, -0.2) is 4.79 Å². The molecule has 1 unspecified atom stereocenters. The Hall–Kier alpha value is -1.76. The summed E-state index contributed by atoms with van der Waals surface area (Å²) >= 11 is 0. The van der Waals surface area contributed by atoms with Crippen molar-refractivity contribution in [3.05, 3.63) is 11.8 Å². The quantitative estimate of drug-likeness (QED) is 0.772. The third-order valence-electron chi connectivity index (χ3n) is 5.41. The Labute approximate surface area is 143 Å². The van der Waals surface area contributed by atoms with Gasteiger partial charge in [-0.05, 0) is 31.6 Å². The van der Waals surface area contributed by atoms with Crippen molar-refractivity contribution in [1.82, 2.24) is 25.7 Å². The highest BCUT2D eigenvalue weighted by Gasteiger charge is 2.28. The first-order valence-electron chi connectivity index (χ1n) is 9.33. The molecule has 1 saturated carbocycles. The van der Waals surface area contributed by atoms with Crippen LogP contribution in [0.15, 0.2) is 6.07 Å². The van der Waals surface area contributed by atoms with Crippen molar-refractivity contribution in [2.24, 2.45) is 5.92 Å². The number of likely N-dealkylation sites (tertiary alicyclic amines) is 1. The van der Waals surface area contributed by atoms with E-state index in [1.807, 2.05) is 4.90 Å². The van der Waals surface area contributed by atoms with Gasteiger partial charge in [0.15, 0.2) is 5.82 Å².